The van der Waals surface area contributed by atoms with Crippen molar-refractivity contribution in [3.05, 3.63) is 24.3 Å². The van der Waals surface area contributed by atoms with Gasteiger partial charge in [-0.25, -0.2) is 4.79 Å². The highest BCUT2D eigenvalue weighted by Gasteiger charge is 2.38. The SMILES string of the molecule is CCOC(=O)COc1cccc(NC(=O)CCNC(=O)[C@H]2C[C@H]2C)c1. The molecule has 2 atom stereocenters. The fraction of sp³-hybridized carbons (Fsp3) is 0.500. The first-order valence-corrected chi connectivity index (χ1v) is 8.45. The Morgan fingerprint density at radius 1 is 1.28 bits per heavy atom. The van der Waals surface area contributed by atoms with Crippen LogP contribution >= 0.6 is 0 Å². The van der Waals surface area contributed by atoms with Crippen LogP contribution in [0.25, 0.3) is 0 Å². The minimum Gasteiger partial charge on any atom is -0.482 e. The molecule has 0 heterocycles. The molecule has 1 aromatic carbocycles. The van der Waals surface area contributed by atoms with Gasteiger partial charge < -0.3 is 20.1 Å². The Bertz CT molecular complexity index is 632. The lowest BCUT2D eigenvalue weighted by Crippen LogP contribution is -2.29. The Morgan fingerprint density at radius 2 is 2.04 bits per heavy atom. The van der Waals surface area contributed by atoms with E-state index in [9.17, 15) is 14.4 Å². The number of carbonyl (C=O) groups is 3. The highest BCUT2D eigenvalue weighted by atomic mass is 16.6. The molecule has 0 unspecified atom stereocenters. The van der Waals surface area contributed by atoms with Crippen molar-refractivity contribution in [3.63, 3.8) is 0 Å². The van der Waals surface area contributed by atoms with E-state index in [4.69, 9.17) is 9.47 Å². The predicted octanol–water partition coefficient (Wildman–Crippen LogP) is 1.73. The summed E-state index contributed by atoms with van der Waals surface area (Å²) in [5.74, 6) is 0.392. The van der Waals surface area contributed by atoms with Gasteiger partial charge in [-0.3, -0.25) is 9.59 Å². The van der Waals surface area contributed by atoms with Gasteiger partial charge in [-0.2, -0.15) is 0 Å². The third kappa shape index (κ3) is 6.45. The lowest BCUT2D eigenvalue weighted by molar-refractivity contribution is -0.145. The number of nitrogens with one attached hydrogen (secondary N) is 2. The molecule has 1 fully saturated rings. The van der Waals surface area contributed by atoms with Gasteiger partial charge in [0.2, 0.25) is 11.8 Å². The number of carbonyl (C=O) groups excluding carboxylic acids is 3. The van der Waals surface area contributed by atoms with E-state index >= 15 is 0 Å². The van der Waals surface area contributed by atoms with Crippen molar-refractivity contribution >= 4 is 23.5 Å². The van der Waals surface area contributed by atoms with Crippen LogP contribution in [0.5, 0.6) is 5.75 Å². The molecule has 1 aliphatic carbocycles. The number of esters is 1. The second-order valence-corrected chi connectivity index (χ2v) is 6.03. The van der Waals surface area contributed by atoms with Crippen molar-refractivity contribution in [2.75, 3.05) is 25.1 Å². The van der Waals surface area contributed by atoms with Crippen molar-refractivity contribution < 1.29 is 23.9 Å². The maximum atomic E-state index is 11.9. The summed E-state index contributed by atoms with van der Waals surface area (Å²) in [5.41, 5.74) is 0.563. The summed E-state index contributed by atoms with van der Waals surface area (Å²) >= 11 is 0. The molecule has 0 aliphatic heterocycles. The zero-order valence-electron chi connectivity index (χ0n) is 14.5. The topological polar surface area (TPSA) is 93.7 Å². The molecule has 2 amide bonds. The van der Waals surface area contributed by atoms with Crippen LogP contribution in [0, 0.1) is 11.8 Å². The Hall–Kier alpha value is -2.57. The third-order valence-electron chi connectivity index (χ3n) is 3.88. The van der Waals surface area contributed by atoms with E-state index in [0.29, 0.717) is 30.5 Å². The first-order chi connectivity index (χ1) is 12.0. The molecule has 0 spiro atoms. The van der Waals surface area contributed by atoms with E-state index in [2.05, 4.69) is 10.6 Å². The minimum absolute atomic E-state index is 0.0228. The van der Waals surface area contributed by atoms with Crippen LogP contribution in [0.3, 0.4) is 0 Å². The number of hydrogen-bond donors (Lipinski definition) is 2. The van der Waals surface area contributed by atoms with E-state index in [1.54, 1.807) is 31.2 Å². The lowest BCUT2D eigenvalue weighted by atomic mass is 10.2. The Kier molecular flexibility index (Phi) is 6.80. The van der Waals surface area contributed by atoms with Gasteiger partial charge in [0, 0.05) is 30.6 Å². The molecule has 0 saturated heterocycles. The van der Waals surface area contributed by atoms with Crippen molar-refractivity contribution in [2.45, 2.75) is 26.7 Å². The zero-order chi connectivity index (χ0) is 18.2. The highest BCUT2D eigenvalue weighted by Crippen LogP contribution is 2.37. The normalized spacial score (nSPS) is 18.2. The molecule has 0 radical (unpaired) electrons. The average Bonchev–Trinajstić information content (AvgIpc) is 3.30. The summed E-state index contributed by atoms with van der Waals surface area (Å²) < 4.78 is 10.1. The Balaban J connectivity index is 1.71. The van der Waals surface area contributed by atoms with Gasteiger partial charge in [0.1, 0.15) is 5.75 Å². The van der Waals surface area contributed by atoms with Gasteiger partial charge in [0.25, 0.3) is 0 Å². The molecule has 1 saturated carbocycles. The third-order valence-corrected chi connectivity index (χ3v) is 3.88. The fourth-order valence-corrected chi connectivity index (χ4v) is 2.35. The summed E-state index contributed by atoms with van der Waals surface area (Å²) in [6.07, 6.45) is 1.12. The molecule has 25 heavy (non-hydrogen) atoms. The summed E-state index contributed by atoms with van der Waals surface area (Å²) in [4.78, 5) is 34.9. The van der Waals surface area contributed by atoms with E-state index in [-0.39, 0.29) is 30.8 Å². The summed E-state index contributed by atoms with van der Waals surface area (Å²) in [6, 6.07) is 6.75. The van der Waals surface area contributed by atoms with Crippen LogP contribution < -0.4 is 15.4 Å². The molecular weight excluding hydrogens is 324 g/mol. The van der Waals surface area contributed by atoms with E-state index < -0.39 is 5.97 Å². The summed E-state index contributed by atoms with van der Waals surface area (Å²) in [6.45, 7) is 4.19. The second-order valence-electron chi connectivity index (χ2n) is 6.03. The van der Waals surface area contributed by atoms with Crippen LogP contribution in [-0.4, -0.2) is 37.5 Å². The van der Waals surface area contributed by atoms with Crippen LogP contribution in [0.2, 0.25) is 0 Å². The predicted molar refractivity (Wildman–Crippen MR) is 92.1 cm³/mol. The van der Waals surface area contributed by atoms with Crippen molar-refractivity contribution in [2.24, 2.45) is 11.8 Å². The van der Waals surface area contributed by atoms with Crippen LogP contribution in [-0.2, 0) is 19.1 Å². The van der Waals surface area contributed by atoms with Crippen molar-refractivity contribution in [1.82, 2.24) is 5.32 Å². The molecule has 7 heteroatoms. The van der Waals surface area contributed by atoms with Gasteiger partial charge in [-0.1, -0.05) is 13.0 Å². The van der Waals surface area contributed by atoms with E-state index in [0.717, 1.165) is 6.42 Å². The second kappa shape index (κ2) is 9.05. The molecule has 2 N–H and O–H groups in total. The smallest absolute Gasteiger partial charge is 0.344 e. The number of hydrogen-bond acceptors (Lipinski definition) is 5. The van der Waals surface area contributed by atoms with Crippen molar-refractivity contribution in [1.29, 1.82) is 0 Å². The number of rotatable bonds is 9. The molecule has 2 rings (SSSR count). The number of ether oxygens (including phenoxy) is 2. The molecule has 1 aliphatic rings. The molecule has 0 bridgehead atoms. The fourth-order valence-electron chi connectivity index (χ4n) is 2.35. The Morgan fingerprint density at radius 3 is 2.72 bits per heavy atom. The van der Waals surface area contributed by atoms with Crippen LogP contribution in [0.15, 0.2) is 24.3 Å². The number of anilines is 1. The van der Waals surface area contributed by atoms with Gasteiger partial charge in [-0.15, -0.1) is 0 Å². The minimum atomic E-state index is -0.447. The van der Waals surface area contributed by atoms with E-state index in [1.807, 2.05) is 6.92 Å². The molecule has 7 nitrogen and oxygen atoms in total. The number of amides is 2. The van der Waals surface area contributed by atoms with Gasteiger partial charge in [0.15, 0.2) is 6.61 Å². The highest BCUT2D eigenvalue weighted by molar-refractivity contribution is 5.91. The van der Waals surface area contributed by atoms with Gasteiger partial charge in [0.05, 0.1) is 6.61 Å². The van der Waals surface area contributed by atoms with Gasteiger partial charge >= 0.3 is 5.97 Å². The van der Waals surface area contributed by atoms with Crippen molar-refractivity contribution in [3.8, 4) is 5.75 Å². The van der Waals surface area contributed by atoms with Gasteiger partial charge in [-0.05, 0) is 31.4 Å². The largest absolute Gasteiger partial charge is 0.482 e. The van der Waals surface area contributed by atoms with E-state index in [1.165, 1.54) is 0 Å². The molecule has 136 valence electrons. The molecular formula is C18H24N2O5. The van der Waals surface area contributed by atoms with Crippen LogP contribution in [0.1, 0.15) is 26.7 Å². The van der Waals surface area contributed by atoms with Crippen LogP contribution in [0.4, 0.5) is 5.69 Å². The first kappa shape index (κ1) is 18.8. The zero-order valence-corrected chi connectivity index (χ0v) is 14.5. The monoisotopic (exact) mass is 348 g/mol. The number of benzene rings is 1. The lowest BCUT2D eigenvalue weighted by Gasteiger charge is -2.09. The summed E-state index contributed by atoms with van der Waals surface area (Å²) in [5, 5.41) is 5.51. The quantitative estimate of drug-likeness (QED) is 0.663. The standard InChI is InChI=1S/C18H24N2O5/c1-3-24-17(22)11-25-14-6-4-5-13(10-14)20-16(21)7-8-19-18(23)15-9-12(15)2/h4-6,10,12,15H,3,7-9,11H2,1-2H3,(H,19,23)(H,20,21)/t12-,15+/m1/s1. The summed E-state index contributed by atoms with van der Waals surface area (Å²) in [7, 11) is 0. The molecule has 0 aromatic heterocycles. The first-order valence-electron chi connectivity index (χ1n) is 8.45. The maximum absolute atomic E-state index is 11.9. The average molecular weight is 348 g/mol. The Labute approximate surface area is 147 Å². The maximum Gasteiger partial charge on any atom is 0.344 e. The molecule has 1 aromatic rings.